The van der Waals surface area contributed by atoms with Crippen LogP contribution in [-0.2, 0) is 12.0 Å². The Hall–Kier alpha value is -0.860. The highest BCUT2D eigenvalue weighted by Gasteiger charge is 2.14. The van der Waals surface area contributed by atoms with Gasteiger partial charge >= 0.3 is 0 Å². The van der Waals surface area contributed by atoms with Gasteiger partial charge in [0.1, 0.15) is 0 Å². The fourth-order valence-electron chi connectivity index (χ4n) is 2.01. The Kier molecular flexibility index (Phi) is 5.36. The molecule has 0 saturated carbocycles. The van der Waals surface area contributed by atoms with Gasteiger partial charge < -0.3 is 10.2 Å². The van der Waals surface area contributed by atoms with E-state index in [4.69, 9.17) is 0 Å². The van der Waals surface area contributed by atoms with E-state index >= 15 is 0 Å². The van der Waals surface area contributed by atoms with Crippen LogP contribution >= 0.6 is 0 Å². The highest BCUT2D eigenvalue weighted by atomic mass is 15.1. The van der Waals surface area contributed by atoms with Crippen molar-refractivity contribution in [3.05, 3.63) is 34.9 Å². The summed E-state index contributed by atoms with van der Waals surface area (Å²) in [7, 11) is 4.17. The first kappa shape index (κ1) is 15.2. The van der Waals surface area contributed by atoms with Crippen LogP contribution < -0.4 is 5.32 Å². The molecule has 18 heavy (non-hydrogen) atoms. The first-order valence-electron chi connectivity index (χ1n) is 6.77. The number of benzene rings is 1. The molecule has 0 radical (unpaired) electrons. The van der Waals surface area contributed by atoms with Gasteiger partial charge in [0.25, 0.3) is 0 Å². The van der Waals surface area contributed by atoms with E-state index < -0.39 is 0 Å². The highest BCUT2D eigenvalue weighted by Crippen LogP contribution is 2.24. The lowest BCUT2D eigenvalue weighted by Crippen LogP contribution is -2.27. The van der Waals surface area contributed by atoms with Crippen LogP contribution in [0.4, 0.5) is 0 Å². The molecule has 0 heterocycles. The van der Waals surface area contributed by atoms with Crippen LogP contribution in [0.1, 0.15) is 37.5 Å². The third-order valence-electron chi connectivity index (χ3n) is 3.39. The largest absolute Gasteiger partial charge is 0.318 e. The first-order valence-corrected chi connectivity index (χ1v) is 6.77. The molecule has 0 amide bonds. The van der Waals surface area contributed by atoms with Crippen molar-refractivity contribution in [2.24, 2.45) is 0 Å². The molecule has 0 aromatic heterocycles. The van der Waals surface area contributed by atoms with Gasteiger partial charge in [-0.05, 0) is 43.1 Å². The zero-order chi connectivity index (χ0) is 13.8. The average molecular weight is 248 g/mol. The molecule has 0 aliphatic carbocycles. The minimum absolute atomic E-state index is 0.237. The third-order valence-corrected chi connectivity index (χ3v) is 3.39. The molecule has 0 unspecified atom stereocenters. The number of hydrogen-bond acceptors (Lipinski definition) is 2. The van der Waals surface area contributed by atoms with Gasteiger partial charge in [0.05, 0.1) is 0 Å². The van der Waals surface area contributed by atoms with Gasteiger partial charge in [0.2, 0.25) is 0 Å². The summed E-state index contributed by atoms with van der Waals surface area (Å²) >= 11 is 0. The normalized spacial score (nSPS) is 12.2. The monoisotopic (exact) mass is 248 g/mol. The molecule has 0 bridgehead atoms. The topological polar surface area (TPSA) is 15.3 Å². The molecule has 2 heteroatoms. The van der Waals surface area contributed by atoms with E-state index in [0.717, 1.165) is 19.6 Å². The summed E-state index contributed by atoms with van der Waals surface area (Å²) in [5, 5.41) is 3.19. The van der Waals surface area contributed by atoms with E-state index in [0.29, 0.717) is 0 Å². The van der Waals surface area contributed by atoms with Crippen LogP contribution in [0.5, 0.6) is 0 Å². The number of likely N-dealkylation sites (N-methyl/N-ethyl adjacent to an activating group) is 2. The molecular weight excluding hydrogens is 220 g/mol. The summed E-state index contributed by atoms with van der Waals surface area (Å²) in [6, 6.07) is 6.89. The summed E-state index contributed by atoms with van der Waals surface area (Å²) in [6.45, 7) is 12.2. The molecule has 0 atom stereocenters. The average Bonchev–Trinajstić information content (AvgIpc) is 2.27. The lowest BCUT2D eigenvalue weighted by atomic mass is 9.85. The summed E-state index contributed by atoms with van der Waals surface area (Å²) in [5.41, 5.74) is 4.49. The standard InChI is InChI=1S/C16H28N2/c1-13-11-15(16(2,3)4)8-7-14(13)12-18(6)10-9-17-5/h7-8,11,17H,9-10,12H2,1-6H3. The molecule has 1 aromatic rings. The van der Waals surface area contributed by atoms with Gasteiger partial charge in [-0.25, -0.2) is 0 Å². The maximum absolute atomic E-state index is 3.19. The van der Waals surface area contributed by atoms with Gasteiger partial charge in [0, 0.05) is 19.6 Å². The van der Waals surface area contributed by atoms with Crippen molar-refractivity contribution in [2.75, 3.05) is 27.2 Å². The Morgan fingerprint density at radius 2 is 1.89 bits per heavy atom. The number of nitrogens with zero attached hydrogens (tertiary/aromatic N) is 1. The molecule has 0 fully saturated rings. The predicted molar refractivity (Wildman–Crippen MR) is 80.1 cm³/mol. The molecule has 1 rings (SSSR count). The van der Waals surface area contributed by atoms with Crippen LogP contribution in [-0.4, -0.2) is 32.1 Å². The predicted octanol–water partition coefficient (Wildman–Crippen LogP) is 2.94. The quantitative estimate of drug-likeness (QED) is 0.862. The van der Waals surface area contributed by atoms with Crippen molar-refractivity contribution in [2.45, 2.75) is 39.7 Å². The van der Waals surface area contributed by atoms with Crippen LogP contribution in [0.25, 0.3) is 0 Å². The van der Waals surface area contributed by atoms with Crippen molar-refractivity contribution in [3.8, 4) is 0 Å². The summed E-state index contributed by atoms with van der Waals surface area (Å²) in [4.78, 5) is 2.36. The molecule has 0 aliphatic heterocycles. The fourth-order valence-corrected chi connectivity index (χ4v) is 2.01. The molecule has 0 aliphatic rings. The second-order valence-electron chi connectivity index (χ2n) is 6.23. The van der Waals surface area contributed by atoms with Crippen LogP contribution in [0.15, 0.2) is 18.2 Å². The van der Waals surface area contributed by atoms with Gasteiger partial charge in [-0.1, -0.05) is 39.0 Å². The van der Waals surface area contributed by atoms with E-state index in [1.807, 2.05) is 7.05 Å². The fraction of sp³-hybridized carbons (Fsp3) is 0.625. The van der Waals surface area contributed by atoms with Gasteiger partial charge in [0.15, 0.2) is 0 Å². The molecular formula is C16H28N2. The van der Waals surface area contributed by atoms with E-state index in [-0.39, 0.29) is 5.41 Å². The molecule has 0 saturated heterocycles. The molecule has 1 N–H and O–H groups in total. The first-order chi connectivity index (χ1) is 8.34. The summed E-state index contributed by atoms with van der Waals surface area (Å²) < 4.78 is 0. The van der Waals surface area contributed by atoms with Crippen molar-refractivity contribution in [1.82, 2.24) is 10.2 Å². The molecule has 1 aromatic carbocycles. The van der Waals surface area contributed by atoms with Crippen molar-refractivity contribution in [3.63, 3.8) is 0 Å². The van der Waals surface area contributed by atoms with Crippen LogP contribution in [0.3, 0.4) is 0 Å². The number of rotatable bonds is 5. The van der Waals surface area contributed by atoms with Crippen molar-refractivity contribution >= 4 is 0 Å². The van der Waals surface area contributed by atoms with E-state index in [1.165, 1.54) is 16.7 Å². The summed E-state index contributed by atoms with van der Waals surface area (Å²) in [6.07, 6.45) is 0. The SMILES string of the molecule is CNCCN(C)Cc1ccc(C(C)(C)C)cc1C. The Morgan fingerprint density at radius 3 is 2.39 bits per heavy atom. The maximum atomic E-state index is 3.19. The summed E-state index contributed by atoms with van der Waals surface area (Å²) in [5.74, 6) is 0. The van der Waals surface area contributed by atoms with Crippen molar-refractivity contribution in [1.29, 1.82) is 0 Å². The molecule has 2 nitrogen and oxygen atoms in total. The third kappa shape index (κ3) is 4.43. The zero-order valence-electron chi connectivity index (χ0n) is 12.8. The highest BCUT2D eigenvalue weighted by molar-refractivity contribution is 5.34. The second kappa shape index (κ2) is 6.35. The smallest absolute Gasteiger partial charge is 0.0233 e. The van der Waals surface area contributed by atoms with Crippen molar-refractivity contribution < 1.29 is 0 Å². The maximum Gasteiger partial charge on any atom is 0.0233 e. The Balaban J connectivity index is 2.74. The second-order valence-corrected chi connectivity index (χ2v) is 6.23. The number of aryl methyl sites for hydroxylation is 1. The number of hydrogen-bond donors (Lipinski definition) is 1. The van der Waals surface area contributed by atoms with E-state index in [2.05, 4.69) is 63.2 Å². The van der Waals surface area contributed by atoms with E-state index in [1.54, 1.807) is 0 Å². The molecule has 102 valence electrons. The minimum atomic E-state index is 0.237. The Bertz CT molecular complexity index is 377. The minimum Gasteiger partial charge on any atom is -0.318 e. The van der Waals surface area contributed by atoms with E-state index in [9.17, 15) is 0 Å². The lowest BCUT2D eigenvalue weighted by Gasteiger charge is -2.22. The Morgan fingerprint density at radius 1 is 1.22 bits per heavy atom. The Labute approximate surface area is 112 Å². The van der Waals surface area contributed by atoms with Crippen LogP contribution in [0.2, 0.25) is 0 Å². The molecule has 0 spiro atoms. The van der Waals surface area contributed by atoms with Gasteiger partial charge in [-0.3, -0.25) is 0 Å². The zero-order valence-corrected chi connectivity index (χ0v) is 12.8. The number of nitrogens with one attached hydrogen (secondary N) is 1. The van der Waals surface area contributed by atoms with Gasteiger partial charge in [-0.15, -0.1) is 0 Å². The van der Waals surface area contributed by atoms with Crippen LogP contribution in [0, 0.1) is 6.92 Å². The lowest BCUT2D eigenvalue weighted by molar-refractivity contribution is 0.327. The van der Waals surface area contributed by atoms with Gasteiger partial charge in [-0.2, -0.15) is 0 Å².